The van der Waals surface area contributed by atoms with Gasteiger partial charge in [0.2, 0.25) is 0 Å². The van der Waals surface area contributed by atoms with E-state index in [0.29, 0.717) is 0 Å². The molecule has 0 amide bonds. The van der Waals surface area contributed by atoms with Gasteiger partial charge < -0.3 is 13.7 Å². The molecule has 0 spiro atoms. The van der Waals surface area contributed by atoms with E-state index in [1.807, 2.05) is 35.6 Å². The minimum Gasteiger partial charge on any atom is -0.456 e. The summed E-state index contributed by atoms with van der Waals surface area (Å²) in [6.07, 6.45) is 0. The average molecular weight is 684 g/mol. The van der Waals surface area contributed by atoms with Crippen molar-refractivity contribution in [3.8, 4) is 22.3 Å². The fourth-order valence-corrected chi connectivity index (χ4v) is 9.16. The van der Waals surface area contributed by atoms with Crippen LogP contribution in [0.15, 0.2) is 185 Å². The summed E-state index contributed by atoms with van der Waals surface area (Å²) in [5.74, 6) is 0. The zero-order valence-corrected chi connectivity index (χ0v) is 28.7. The maximum absolute atomic E-state index is 6.26. The Morgan fingerprint density at radius 3 is 1.65 bits per heavy atom. The van der Waals surface area contributed by atoms with E-state index < -0.39 is 0 Å². The molecule has 0 saturated carbocycles. The highest BCUT2D eigenvalue weighted by atomic mass is 32.1. The molecule has 0 aliphatic carbocycles. The van der Waals surface area contributed by atoms with E-state index >= 15 is 0 Å². The lowest BCUT2D eigenvalue weighted by Crippen LogP contribution is -2.10. The Hall–Kier alpha value is -6.62. The molecule has 3 heterocycles. The zero-order chi connectivity index (χ0) is 34.2. The van der Waals surface area contributed by atoms with Crippen LogP contribution in [0.1, 0.15) is 0 Å². The smallest absolute Gasteiger partial charge is 0.135 e. The molecule has 0 radical (unpaired) electrons. The van der Waals surface area contributed by atoms with Gasteiger partial charge in [-0.1, -0.05) is 115 Å². The van der Waals surface area contributed by atoms with Crippen LogP contribution >= 0.6 is 11.3 Å². The van der Waals surface area contributed by atoms with Gasteiger partial charge in [0.25, 0.3) is 0 Å². The minimum atomic E-state index is 0.884. The van der Waals surface area contributed by atoms with Gasteiger partial charge in [-0.15, -0.1) is 11.3 Å². The lowest BCUT2D eigenvalue weighted by molar-refractivity contribution is 0.668. The number of furan rings is 2. The third-order valence-corrected chi connectivity index (χ3v) is 11.6. The van der Waals surface area contributed by atoms with E-state index in [1.54, 1.807) is 0 Å². The number of para-hydroxylation sites is 2. The van der Waals surface area contributed by atoms with Gasteiger partial charge >= 0.3 is 0 Å². The first kappa shape index (κ1) is 29.1. The molecule has 0 saturated heterocycles. The molecule has 3 aromatic heterocycles. The van der Waals surface area contributed by atoms with Gasteiger partial charge in [-0.2, -0.15) is 0 Å². The number of hydrogen-bond donors (Lipinski definition) is 0. The van der Waals surface area contributed by atoms with Gasteiger partial charge in [-0.05, 0) is 82.9 Å². The third-order valence-electron chi connectivity index (χ3n) is 10.3. The summed E-state index contributed by atoms with van der Waals surface area (Å²) >= 11 is 1.87. The fourth-order valence-electron chi connectivity index (χ4n) is 7.82. The highest BCUT2D eigenvalue weighted by molar-refractivity contribution is 7.27. The van der Waals surface area contributed by atoms with Crippen molar-refractivity contribution in [2.24, 2.45) is 0 Å². The van der Waals surface area contributed by atoms with E-state index in [2.05, 4.69) is 157 Å². The average Bonchev–Trinajstić information content (AvgIpc) is 3.90. The summed E-state index contributed by atoms with van der Waals surface area (Å²) in [5, 5.41) is 7.01. The number of fused-ring (bicyclic) bond motifs is 9. The summed E-state index contributed by atoms with van der Waals surface area (Å²) in [6.45, 7) is 0. The Labute approximate surface area is 303 Å². The van der Waals surface area contributed by atoms with Gasteiger partial charge in [0, 0.05) is 48.4 Å². The molecule has 0 fully saturated rings. The molecule has 0 aliphatic rings. The number of hydrogen-bond acceptors (Lipinski definition) is 4. The number of nitrogens with zero attached hydrogens (tertiary/aromatic N) is 1. The van der Waals surface area contributed by atoms with Gasteiger partial charge in [0.05, 0.1) is 10.4 Å². The number of benzene rings is 8. The molecule has 0 aliphatic heterocycles. The van der Waals surface area contributed by atoms with Crippen LogP contribution in [0.3, 0.4) is 0 Å². The van der Waals surface area contributed by atoms with Gasteiger partial charge in [-0.25, -0.2) is 0 Å². The molecule has 4 heteroatoms. The van der Waals surface area contributed by atoms with Crippen LogP contribution in [-0.2, 0) is 0 Å². The number of anilines is 3. The standard InChI is InChI=1S/C48H29NO2S/c1-2-10-31(11-3-1)35-14-8-15-38-39-16-9-17-42(48(39)52-47(35)38)49(34-25-27-46-41(29-34)37-13-5-7-19-44(37)51-46)33-23-20-30(21-24-33)32-22-26-45-40(28-32)36-12-4-6-18-43(36)50-45/h1-29H. The van der Waals surface area contributed by atoms with Gasteiger partial charge in [-0.3, -0.25) is 0 Å². The molecular formula is C48H29NO2S. The molecule has 11 rings (SSSR count). The zero-order valence-electron chi connectivity index (χ0n) is 27.9. The van der Waals surface area contributed by atoms with Crippen molar-refractivity contribution in [3.05, 3.63) is 176 Å². The van der Waals surface area contributed by atoms with E-state index in [4.69, 9.17) is 8.83 Å². The molecule has 244 valence electrons. The highest BCUT2D eigenvalue weighted by Gasteiger charge is 2.21. The predicted octanol–water partition coefficient (Wildman–Crippen LogP) is 14.7. The van der Waals surface area contributed by atoms with Crippen molar-refractivity contribution >= 4 is 92.4 Å². The molecule has 52 heavy (non-hydrogen) atoms. The first-order valence-electron chi connectivity index (χ1n) is 17.5. The maximum atomic E-state index is 6.26. The van der Waals surface area contributed by atoms with Crippen LogP contribution in [0, 0.1) is 0 Å². The summed E-state index contributed by atoms with van der Waals surface area (Å²) in [5.41, 5.74) is 11.7. The number of rotatable bonds is 5. The maximum Gasteiger partial charge on any atom is 0.135 e. The van der Waals surface area contributed by atoms with Crippen molar-refractivity contribution in [2.75, 3.05) is 4.90 Å². The number of thiophene rings is 1. The van der Waals surface area contributed by atoms with Crippen molar-refractivity contribution in [2.45, 2.75) is 0 Å². The van der Waals surface area contributed by atoms with E-state index in [0.717, 1.165) is 72.1 Å². The van der Waals surface area contributed by atoms with Crippen molar-refractivity contribution < 1.29 is 8.83 Å². The normalized spacial score (nSPS) is 11.8. The SMILES string of the molecule is c1ccc(-c2cccc3c2sc2c(N(c4ccc(-c5ccc6oc7ccccc7c6c5)cc4)c4ccc5oc6ccccc6c5c4)cccc23)cc1. The summed E-state index contributed by atoms with van der Waals surface area (Å²) in [6, 6.07) is 62.6. The summed E-state index contributed by atoms with van der Waals surface area (Å²) in [4.78, 5) is 2.40. The van der Waals surface area contributed by atoms with E-state index in [9.17, 15) is 0 Å². The molecular weight excluding hydrogens is 655 g/mol. The lowest BCUT2D eigenvalue weighted by Gasteiger charge is -2.26. The Morgan fingerprint density at radius 1 is 0.346 bits per heavy atom. The molecule has 8 aromatic carbocycles. The van der Waals surface area contributed by atoms with E-state index in [1.165, 1.54) is 31.3 Å². The largest absolute Gasteiger partial charge is 0.456 e. The fraction of sp³-hybridized carbons (Fsp3) is 0. The van der Waals surface area contributed by atoms with Crippen LogP contribution < -0.4 is 4.90 Å². The molecule has 0 bridgehead atoms. The monoisotopic (exact) mass is 683 g/mol. The van der Waals surface area contributed by atoms with Crippen molar-refractivity contribution in [3.63, 3.8) is 0 Å². The molecule has 0 unspecified atom stereocenters. The topological polar surface area (TPSA) is 29.5 Å². The highest BCUT2D eigenvalue weighted by Crippen LogP contribution is 2.48. The van der Waals surface area contributed by atoms with Crippen LogP contribution in [0.25, 0.3) is 86.3 Å². The molecule has 0 N–H and O–H groups in total. The Bertz CT molecular complexity index is 3130. The van der Waals surface area contributed by atoms with Gasteiger partial charge in [0.1, 0.15) is 22.3 Å². The van der Waals surface area contributed by atoms with Crippen molar-refractivity contribution in [1.82, 2.24) is 0 Å². The second-order valence-corrected chi connectivity index (χ2v) is 14.3. The minimum absolute atomic E-state index is 0.884. The summed E-state index contributed by atoms with van der Waals surface area (Å²) < 4.78 is 14.9. The second kappa shape index (κ2) is 11.5. The predicted molar refractivity (Wildman–Crippen MR) is 219 cm³/mol. The lowest BCUT2D eigenvalue weighted by atomic mass is 10.0. The van der Waals surface area contributed by atoms with Crippen LogP contribution in [0.5, 0.6) is 0 Å². The Kier molecular flexibility index (Phi) is 6.42. The molecule has 0 atom stereocenters. The quantitative estimate of drug-likeness (QED) is 0.181. The summed E-state index contributed by atoms with van der Waals surface area (Å²) in [7, 11) is 0. The van der Waals surface area contributed by atoms with Crippen LogP contribution in [0.2, 0.25) is 0 Å². The molecule has 3 nitrogen and oxygen atoms in total. The molecule has 11 aromatic rings. The first-order chi connectivity index (χ1) is 25.8. The Morgan fingerprint density at radius 2 is 0.904 bits per heavy atom. The van der Waals surface area contributed by atoms with E-state index in [-0.39, 0.29) is 0 Å². The van der Waals surface area contributed by atoms with Gasteiger partial charge in [0.15, 0.2) is 0 Å². The van der Waals surface area contributed by atoms with Crippen molar-refractivity contribution in [1.29, 1.82) is 0 Å². The Balaban J connectivity index is 1.10. The second-order valence-electron chi connectivity index (χ2n) is 13.3. The van der Waals surface area contributed by atoms with Crippen LogP contribution in [-0.4, -0.2) is 0 Å². The van der Waals surface area contributed by atoms with Crippen LogP contribution in [0.4, 0.5) is 17.1 Å². The first-order valence-corrected chi connectivity index (χ1v) is 18.3. The third kappa shape index (κ3) is 4.51.